The topological polar surface area (TPSA) is 29.1 Å². The molecule has 0 aliphatic rings. The quantitative estimate of drug-likeness (QED) is 0.612. The number of thioether (sulfide) groups is 1. The Bertz CT molecular complexity index is 633. The molecular formula is C18H19BrClNOS. The number of halogens is 2. The zero-order valence-electron chi connectivity index (χ0n) is 12.7. The average molecular weight is 413 g/mol. The van der Waals surface area contributed by atoms with Crippen LogP contribution in [0.15, 0.2) is 53.0 Å². The van der Waals surface area contributed by atoms with E-state index in [9.17, 15) is 4.79 Å². The van der Waals surface area contributed by atoms with Gasteiger partial charge in [0.05, 0.1) is 5.75 Å². The van der Waals surface area contributed by atoms with Gasteiger partial charge in [-0.25, -0.2) is 0 Å². The predicted octanol–water partition coefficient (Wildman–Crippen LogP) is 5.08. The van der Waals surface area contributed by atoms with Crippen molar-refractivity contribution >= 4 is 45.2 Å². The van der Waals surface area contributed by atoms with E-state index in [4.69, 9.17) is 11.6 Å². The van der Waals surface area contributed by atoms with E-state index < -0.39 is 0 Å². The van der Waals surface area contributed by atoms with Crippen LogP contribution in [-0.4, -0.2) is 18.2 Å². The summed E-state index contributed by atoms with van der Waals surface area (Å²) in [5, 5.41) is 3.75. The number of hydrogen-bond acceptors (Lipinski definition) is 2. The number of hydrogen-bond donors (Lipinski definition) is 1. The maximum absolute atomic E-state index is 11.8. The summed E-state index contributed by atoms with van der Waals surface area (Å²) in [5.74, 6) is 1.42. The first kappa shape index (κ1) is 18.4. The van der Waals surface area contributed by atoms with Crippen molar-refractivity contribution in [2.75, 3.05) is 12.3 Å². The molecule has 2 rings (SSSR count). The van der Waals surface area contributed by atoms with Crippen molar-refractivity contribution in [2.45, 2.75) is 18.6 Å². The Morgan fingerprint density at radius 3 is 2.61 bits per heavy atom. The minimum Gasteiger partial charge on any atom is -0.355 e. The van der Waals surface area contributed by atoms with E-state index in [1.165, 1.54) is 5.56 Å². The zero-order chi connectivity index (χ0) is 16.5. The Kier molecular flexibility index (Phi) is 8.00. The SMILES string of the molecule is O=C(CSCc1ccc(Br)cc1)NCCCc1ccccc1Cl. The Labute approximate surface area is 155 Å². The fourth-order valence-electron chi connectivity index (χ4n) is 2.10. The van der Waals surface area contributed by atoms with Crippen molar-refractivity contribution in [1.29, 1.82) is 0 Å². The van der Waals surface area contributed by atoms with Crippen LogP contribution in [0.3, 0.4) is 0 Å². The van der Waals surface area contributed by atoms with Gasteiger partial charge in [0.1, 0.15) is 0 Å². The number of amides is 1. The zero-order valence-corrected chi connectivity index (χ0v) is 15.9. The van der Waals surface area contributed by atoms with Crippen LogP contribution in [0, 0.1) is 0 Å². The van der Waals surface area contributed by atoms with E-state index >= 15 is 0 Å². The van der Waals surface area contributed by atoms with E-state index in [1.807, 2.05) is 36.4 Å². The predicted molar refractivity (Wildman–Crippen MR) is 103 cm³/mol. The highest BCUT2D eigenvalue weighted by molar-refractivity contribution is 9.10. The van der Waals surface area contributed by atoms with Crippen LogP contribution in [0.25, 0.3) is 0 Å². The molecule has 0 radical (unpaired) electrons. The summed E-state index contributed by atoms with van der Waals surface area (Å²) >= 11 is 11.2. The van der Waals surface area contributed by atoms with E-state index in [-0.39, 0.29) is 5.91 Å². The van der Waals surface area contributed by atoms with Crippen molar-refractivity contribution in [3.63, 3.8) is 0 Å². The van der Waals surface area contributed by atoms with E-state index in [1.54, 1.807) is 11.8 Å². The molecule has 2 aromatic carbocycles. The maximum atomic E-state index is 11.8. The monoisotopic (exact) mass is 411 g/mol. The molecule has 1 N–H and O–H groups in total. The molecule has 0 saturated carbocycles. The smallest absolute Gasteiger partial charge is 0.230 e. The summed E-state index contributed by atoms with van der Waals surface area (Å²) < 4.78 is 1.07. The number of rotatable bonds is 8. The first-order chi connectivity index (χ1) is 11.1. The van der Waals surface area contributed by atoms with Gasteiger partial charge in [-0.3, -0.25) is 4.79 Å². The van der Waals surface area contributed by atoms with Gasteiger partial charge in [0.15, 0.2) is 0 Å². The van der Waals surface area contributed by atoms with Gasteiger partial charge < -0.3 is 5.32 Å². The van der Waals surface area contributed by atoms with Gasteiger partial charge in [-0.1, -0.05) is 57.9 Å². The first-order valence-corrected chi connectivity index (χ1v) is 9.80. The number of aryl methyl sites for hydroxylation is 1. The van der Waals surface area contributed by atoms with Gasteiger partial charge in [-0.15, -0.1) is 11.8 Å². The van der Waals surface area contributed by atoms with Crippen molar-refractivity contribution in [1.82, 2.24) is 5.32 Å². The second kappa shape index (κ2) is 10.0. The molecule has 2 aromatic rings. The molecule has 0 aliphatic carbocycles. The molecule has 2 nitrogen and oxygen atoms in total. The highest BCUT2D eigenvalue weighted by Crippen LogP contribution is 2.17. The van der Waals surface area contributed by atoms with Crippen molar-refractivity contribution in [3.05, 3.63) is 69.2 Å². The number of benzene rings is 2. The summed E-state index contributed by atoms with van der Waals surface area (Å²) in [7, 11) is 0. The Morgan fingerprint density at radius 2 is 1.87 bits per heavy atom. The minimum absolute atomic E-state index is 0.0891. The fourth-order valence-corrected chi connectivity index (χ4v) is 3.41. The molecule has 0 spiro atoms. The molecule has 0 fully saturated rings. The molecule has 0 heterocycles. The van der Waals surface area contributed by atoms with Gasteiger partial charge in [-0.05, 0) is 42.2 Å². The van der Waals surface area contributed by atoms with Crippen LogP contribution in [0.5, 0.6) is 0 Å². The summed E-state index contributed by atoms with van der Waals surface area (Å²) in [6.07, 6.45) is 1.78. The highest BCUT2D eigenvalue weighted by Gasteiger charge is 2.03. The number of carbonyl (C=O) groups excluding carboxylic acids is 1. The largest absolute Gasteiger partial charge is 0.355 e. The van der Waals surface area contributed by atoms with Gasteiger partial charge in [-0.2, -0.15) is 0 Å². The second-order valence-electron chi connectivity index (χ2n) is 5.16. The minimum atomic E-state index is 0.0891. The highest BCUT2D eigenvalue weighted by atomic mass is 79.9. The van der Waals surface area contributed by atoms with Crippen LogP contribution in [0.1, 0.15) is 17.5 Å². The normalized spacial score (nSPS) is 10.5. The maximum Gasteiger partial charge on any atom is 0.230 e. The number of nitrogens with one attached hydrogen (secondary N) is 1. The summed E-state index contributed by atoms with van der Waals surface area (Å²) in [6, 6.07) is 16.0. The van der Waals surface area contributed by atoms with Crippen LogP contribution >= 0.6 is 39.3 Å². The lowest BCUT2D eigenvalue weighted by atomic mass is 10.1. The van der Waals surface area contributed by atoms with Crippen molar-refractivity contribution < 1.29 is 4.79 Å². The van der Waals surface area contributed by atoms with Crippen molar-refractivity contribution in [2.24, 2.45) is 0 Å². The molecule has 23 heavy (non-hydrogen) atoms. The second-order valence-corrected chi connectivity index (χ2v) is 7.47. The first-order valence-electron chi connectivity index (χ1n) is 7.47. The van der Waals surface area contributed by atoms with Crippen LogP contribution in [0.2, 0.25) is 5.02 Å². The third-order valence-electron chi connectivity index (χ3n) is 3.32. The van der Waals surface area contributed by atoms with Crippen LogP contribution in [0.4, 0.5) is 0 Å². The lowest BCUT2D eigenvalue weighted by Crippen LogP contribution is -2.26. The van der Waals surface area contributed by atoms with E-state index in [0.29, 0.717) is 12.3 Å². The van der Waals surface area contributed by atoms with Gasteiger partial charge in [0, 0.05) is 21.8 Å². The lowest BCUT2D eigenvalue weighted by molar-refractivity contribution is -0.118. The number of carbonyl (C=O) groups is 1. The van der Waals surface area contributed by atoms with Gasteiger partial charge >= 0.3 is 0 Å². The summed E-state index contributed by atoms with van der Waals surface area (Å²) in [5.41, 5.74) is 2.36. The molecule has 0 aliphatic heterocycles. The third kappa shape index (κ3) is 6.98. The van der Waals surface area contributed by atoms with E-state index in [2.05, 4.69) is 33.4 Å². The summed E-state index contributed by atoms with van der Waals surface area (Å²) in [4.78, 5) is 11.8. The average Bonchev–Trinajstić information content (AvgIpc) is 2.55. The lowest BCUT2D eigenvalue weighted by Gasteiger charge is -2.06. The summed E-state index contributed by atoms with van der Waals surface area (Å²) in [6.45, 7) is 0.683. The van der Waals surface area contributed by atoms with Crippen LogP contribution in [-0.2, 0) is 17.0 Å². The molecule has 0 bridgehead atoms. The molecule has 0 unspecified atom stereocenters. The Balaban J connectivity index is 1.58. The van der Waals surface area contributed by atoms with Gasteiger partial charge in [0.2, 0.25) is 5.91 Å². The van der Waals surface area contributed by atoms with Crippen LogP contribution < -0.4 is 5.32 Å². The van der Waals surface area contributed by atoms with Crippen molar-refractivity contribution in [3.8, 4) is 0 Å². The molecule has 0 saturated heterocycles. The molecule has 0 aromatic heterocycles. The fraction of sp³-hybridized carbons (Fsp3) is 0.278. The van der Waals surface area contributed by atoms with Gasteiger partial charge in [0.25, 0.3) is 0 Å². The molecule has 122 valence electrons. The standard InChI is InChI=1S/C18H19BrClNOS/c19-16-9-7-14(8-10-16)12-23-13-18(22)21-11-3-5-15-4-1-2-6-17(15)20/h1-2,4,6-10H,3,5,11-13H2,(H,21,22). The Hall–Kier alpha value is -0.970. The molecule has 5 heteroatoms. The van der Waals surface area contributed by atoms with E-state index in [0.717, 1.165) is 33.7 Å². The third-order valence-corrected chi connectivity index (χ3v) is 5.22. The molecular weight excluding hydrogens is 394 g/mol. The molecule has 0 atom stereocenters. The molecule has 1 amide bonds. The Morgan fingerprint density at radius 1 is 1.13 bits per heavy atom.